The van der Waals surface area contributed by atoms with Crippen molar-refractivity contribution in [1.29, 1.82) is 0 Å². The molecule has 0 unspecified atom stereocenters. The van der Waals surface area contributed by atoms with Gasteiger partial charge in [-0.2, -0.15) is 5.10 Å². The first-order valence-electron chi connectivity index (χ1n) is 4.07. The summed E-state index contributed by atoms with van der Waals surface area (Å²) in [6.07, 6.45) is 1.61. The van der Waals surface area contributed by atoms with E-state index in [-0.39, 0.29) is 11.8 Å². The van der Waals surface area contributed by atoms with E-state index in [0.717, 1.165) is 5.69 Å². The fourth-order valence-electron chi connectivity index (χ4n) is 1.13. The van der Waals surface area contributed by atoms with Crippen molar-refractivity contribution in [3.05, 3.63) is 18.0 Å². The Balaban J connectivity index is 2.80. The van der Waals surface area contributed by atoms with Crippen molar-refractivity contribution in [2.75, 3.05) is 20.6 Å². The lowest BCUT2D eigenvalue weighted by Gasteiger charge is -2.17. The number of nitrogens with zero attached hydrogens (tertiary/aromatic N) is 2. The Kier molecular flexibility index (Phi) is 3.02. The van der Waals surface area contributed by atoms with Crippen LogP contribution < -0.4 is 5.73 Å². The summed E-state index contributed by atoms with van der Waals surface area (Å²) in [7, 11) is 3.42. The van der Waals surface area contributed by atoms with Gasteiger partial charge in [0.15, 0.2) is 0 Å². The van der Waals surface area contributed by atoms with Gasteiger partial charge >= 0.3 is 0 Å². The lowest BCUT2D eigenvalue weighted by molar-refractivity contribution is -0.130. The number of nitrogens with one attached hydrogen (secondary N) is 1. The van der Waals surface area contributed by atoms with E-state index < -0.39 is 0 Å². The summed E-state index contributed by atoms with van der Waals surface area (Å²) >= 11 is 0. The van der Waals surface area contributed by atoms with Gasteiger partial charge in [0.1, 0.15) is 0 Å². The van der Waals surface area contributed by atoms with Crippen molar-refractivity contribution in [3.63, 3.8) is 0 Å². The highest BCUT2D eigenvalue weighted by atomic mass is 16.2. The molecule has 1 atom stereocenters. The highest BCUT2D eigenvalue weighted by Crippen LogP contribution is 2.12. The van der Waals surface area contributed by atoms with Gasteiger partial charge in [-0.15, -0.1) is 0 Å². The molecule has 1 aromatic rings. The average molecular weight is 182 g/mol. The number of nitrogens with two attached hydrogens (primary N) is 1. The van der Waals surface area contributed by atoms with Crippen molar-refractivity contribution < 1.29 is 4.79 Å². The first-order chi connectivity index (χ1) is 6.16. The Morgan fingerprint density at radius 2 is 2.46 bits per heavy atom. The number of hydrogen-bond acceptors (Lipinski definition) is 3. The minimum Gasteiger partial charge on any atom is -0.348 e. The van der Waals surface area contributed by atoms with Gasteiger partial charge in [-0.05, 0) is 6.07 Å². The molecule has 1 rings (SSSR count). The molecule has 0 aromatic carbocycles. The smallest absolute Gasteiger partial charge is 0.232 e. The molecule has 0 saturated carbocycles. The fraction of sp³-hybridized carbons (Fsp3) is 0.500. The summed E-state index contributed by atoms with van der Waals surface area (Å²) in [6, 6.07) is 1.76. The molecule has 0 fully saturated rings. The monoisotopic (exact) mass is 182 g/mol. The number of carbonyl (C=O) groups excluding carboxylic acids is 1. The quantitative estimate of drug-likeness (QED) is 0.664. The normalized spacial score (nSPS) is 12.5. The first-order valence-corrected chi connectivity index (χ1v) is 4.07. The third-order valence-electron chi connectivity index (χ3n) is 1.87. The van der Waals surface area contributed by atoms with Crippen LogP contribution in [0, 0.1) is 0 Å². The van der Waals surface area contributed by atoms with Crippen molar-refractivity contribution in [2.45, 2.75) is 5.92 Å². The molecule has 0 aliphatic heterocycles. The molecule has 0 bridgehead atoms. The van der Waals surface area contributed by atoms with Gasteiger partial charge in [-0.3, -0.25) is 9.89 Å². The maximum Gasteiger partial charge on any atom is 0.232 e. The molecular weight excluding hydrogens is 168 g/mol. The molecule has 0 aliphatic rings. The number of carbonyl (C=O) groups is 1. The lowest BCUT2D eigenvalue weighted by atomic mass is 10.1. The van der Waals surface area contributed by atoms with Crippen molar-refractivity contribution in [2.24, 2.45) is 5.73 Å². The summed E-state index contributed by atoms with van der Waals surface area (Å²) in [5.41, 5.74) is 6.27. The number of H-pyrrole nitrogens is 1. The van der Waals surface area contributed by atoms with E-state index in [1.54, 1.807) is 26.4 Å². The zero-order valence-electron chi connectivity index (χ0n) is 7.82. The maximum atomic E-state index is 11.6. The van der Waals surface area contributed by atoms with Gasteiger partial charge in [0.2, 0.25) is 5.91 Å². The van der Waals surface area contributed by atoms with Crippen LogP contribution in [0.5, 0.6) is 0 Å². The van der Waals surface area contributed by atoms with Crippen molar-refractivity contribution in [3.8, 4) is 0 Å². The molecule has 0 aliphatic carbocycles. The highest BCUT2D eigenvalue weighted by molar-refractivity contribution is 5.83. The lowest BCUT2D eigenvalue weighted by Crippen LogP contribution is -2.32. The molecule has 13 heavy (non-hydrogen) atoms. The predicted octanol–water partition coefficient (Wildman–Crippen LogP) is -0.460. The topological polar surface area (TPSA) is 75.0 Å². The van der Waals surface area contributed by atoms with Gasteiger partial charge in [-0.1, -0.05) is 0 Å². The van der Waals surface area contributed by atoms with Gasteiger partial charge in [0, 0.05) is 32.5 Å². The molecule has 1 amide bonds. The Morgan fingerprint density at radius 1 is 1.77 bits per heavy atom. The van der Waals surface area contributed by atoms with E-state index in [1.807, 2.05) is 0 Å². The van der Waals surface area contributed by atoms with Crippen molar-refractivity contribution in [1.82, 2.24) is 15.1 Å². The Bertz CT molecular complexity index is 268. The van der Waals surface area contributed by atoms with Crippen LogP contribution in [0.2, 0.25) is 0 Å². The zero-order valence-corrected chi connectivity index (χ0v) is 7.82. The Labute approximate surface area is 76.9 Å². The minimum absolute atomic E-state index is 0.00764. The molecule has 5 nitrogen and oxygen atoms in total. The molecule has 1 heterocycles. The number of rotatable bonds is 3. The number of aromatic nitrogens is 2. The van der Waals surface area contributed by atoms with Crippen LogP contribution in [0.3, 0.4) is 0 Å². The summed E-state index contributed by atoms with van der Waals surface area (Å²) in [5, 5.41) is 6.53. The second-order valence-electron chi connectivity index (χ2n) is 3.03. The van der Waals surface area contributed by atoms with Gasteiger partial charge in [0.05, 0.1) is 5.92 Å². The maximum absolute atomic E-state index is 11.6. The van der Waals surface area contributed by atoms with Gasteiger partial charge < -0.3 is 10.6 Å². The second-order valence-corrected chi connectivity index (χ2v) is 3.03. The summed E-state index contributed by atoms with van der Waals surface area (Å²) in [5.74, 6) is -0.316. The van der Waals surface area contributed by atoms with E-state index in [1.165, 1.54) is 4.90 Å². The SMILES string of the molecule is CN(C)C(=O)[C@H](CN)c1ccn[nH]1. The first kappa shape index (κ1) is 9.73. The standard InChI is InChI=1S/C8H14N4O/c1-12(2)8(13)6(5-9)7-3-4-10-11-7/h3-4,6H,5,9H2,1-2H3,(H,10,11)/t6-/m1/s1. The van der Waals surface area contributed by atoms with Gasteiger partial charge in [-0.25, -0.2) is 0 Å². The van der Waals surface area contributed by atoms with E-state index in [2.05, 4.69) is 10.2 Å². The zero-order chi connectivity index (χ0) is 9.84. The predicted molar refractivity (Wildman–Crippen MR) is 49.1 cm³/mol. The van der Waals surface area contributed by atoms with E-state index >= 15 is 0 Å². The van der Waals surface area contributed by atoms with Crippen LogP contribution >= 0.6 is 0 Å². The van der Waals surface area contributed by atoms with Crippen molar-refractivity contribution >= 4 is 5.91 Å². The Hall–Kier alpha value is -1.36. The summed E-state index contributed by atoms with van der Waals surface area (Å²) in [4.78, 5) is 13.1. The number of aromatic amines is 1. The Morgan fingerprint density at radius 3 is 2.85 bits per heavy atom. The van der Waals surface area contributed by atoms with Crippen LogP contribution in [0.4, 0.5) is 0 Å². The minimum atomic E-state index is -0.308. The van der Waals surface area contributed by atoms with Crippen LogP contribution in [-0.4, -0.2) is 41.6 Å². The van der Waals surface area contributed by atoms with Crippen LogP contribution in [0.1, 0.15) is 11.6 Å². The molecule has 0 radical (unpaired) electrons. The van der Waals surface area contributed by atoms with Crippen LogP contribution in [-0.2, 0) is 4.79 Å². The molecule has 3 N–H and O–H groups in total. The number of amides is 1. The largest absolute Gasteiger partial charge is 0.348 e. The molecule has 1 aromatic heterocycles. The van der Waals surface area contributed by atoms with E-state index in [0.29, 0.717) is 6.54 Å². The number of hydrogen-bond donors (Lipinski definition) is 2. The number of likely N-dealkylation sites (N-methyl/N-ethyl adjacent to an activating group) is 1. The van der Waals surface area contributed by atoms with E-state index in [4.69, 9.17) is 5.73 Å². The average Bonchev–Trinajstić information content (AvgIpc) is 2.58. The van der Waals surface area contributed by atoms with Crippen LogP contribution in [0.25, 0.3) is 0 Å². The van der Waals surface area contributed by atoms with E-state index in [9.17, 15) is 4.79 Å². The van der Waals surface area contributed by atoms with Gasteiger partial charge in [0.25, 0.3) is 0 Å². The summed E-state index contributed by atoms with van der Waals surface area (Å²) in [6.45, 7) is 0.291. The highest BCUT2D eigenvalue weighted by Gasteiger charge is 2.21. The fourth-order valence-corrected chi connectivity index (χ4v) is 1.13. The third kappa shape index (κ3) is 2.06. The molecule has 0 spiro atoms. The molecule has 72 valence electrons. The summed E-state index contributed by atoms with van der Waals surface area (Å²) < 4.78 is 0. The molecule has 0 saturated heterocycles. The van der Waals surface area contributed by atoms with Crippen LogP contribution in [0.15, 0.2) is 12.3 Å². The molecule has 5 heteroatoms. The second kappa shape index (κ2) is 4.04. The molecular formula is C8H14N4O. The third-order valence-corrected chi connectivity index (χ3v) is 1.87.